The van der Waals surface area contributed by atoms with Gasteiger partial charge in [0.25, 0.3) is 0 Å². The van der Waals surface area contributed by atoms with Gasteiger partial charge < -0.3 is 15.1 Å². The molecular formula is C27H31N7. The molecule has 2 saturated heterocycles. The Bertz CT molecular complexity index is 1250. The van der Waals surface area contributed by atoms with Crippen molar-refractivity contribution in [3.05, 3.63) is 59.4 Å². The third-order valence-corrected chi connectivity index (χ3v) is 7.75. The zero-order valence-electron chi connectivity index (χ0n) is 19.7. The lowest BCUT2D eigenvalue weighted by Crippen LogP contribution is -2.58. The Labute approximate surface area is 201 Å². The molecule has 0 bridgehead atoms. The number of hydrogen-bond acceptors (Lipinski definition) is 7. The number of piperazine rings is 1. The van der Waals surface area contributed by atoms with E-state index >= 15 is 0 Å². The lowest BCUT2D eigenvalue weighted by Gasteiger charge is -2.46. The van der Waals surface area contributed by atoms with Gasteiger partial charge in [0.2, 0.25) is 0 Å². The molecule has 5 heterocycles. The number of nitrogens with one attached hydrogen (secondary N) is 1. The Hall–Kier alpha value is -3.21. The number of pyridine rings is 2. The molecule has 7 nitrogen and oxygen atoms in total. The molecule has 1 N–H and O–H groups in total. The highest BCUT2D eigenvalue weighted by atomic mass is 15.3. The van der Waals surface area contributed by atoms with Crippen molar-refractivity contribution < 1.29 is 0 Å². The number of rotatable bonds is 2. The topological polar surface area (TPSA) is 71.3 Å². The van der Waals surface area contributed by atoms with Crippen LogP contribution in [0.2, 0.25) is 0 Å². The van der Waals surface area contributed by atoms with E-state index in [0.29, 0.717) is 17.6 Å². The normalized spacial score (nSPS) is 23.2. The molecule has 6 rings (SSSR count). The first-order chi connectivity index (χ1) is 16.7. The van der Waals surface area contributed by atoms with Gasteiger partial charge in [-0.25, -0.2) is 4.98 Å². The first-order valence-electron chi connectivity index (χ1n) is 12.4. The fourth-order valence-electron chi connectivity index (χ4n) is 5.98. The number of hydrogen-bond donors (Lipinski definition) is 1. The van der Waals surface area contributed by atoms with E-state index in [0.717, 1.165) is 75.4 Å². The van der Waals surface area contributed by atoms with Gasteiger partial charge in [0.15, 0.2) is 0 Å². The fourth-order valence-corrected chi connectivity index (χ4v) is 5.98. The van der Waals surface area contributed by atoms with Crippen LogP contribution in [0.4, 0.5) is 11.5 Å². The van der Waals surface area contributed by atoms with Crippen LogP contribution in [0, 0.1) is 11.3 Å². The molecule has 3 aliphatic rings. The quantitative estimate of drug-likeness (QED) is 0.640. The maximum atomic E-state index is 9.53. The van der Waals surface area contributed by atoms with Crippen molar-refractivity contribution in [3.8, 4) is 6.07 Å². The molecule has 2 unspecified atom stereocenters. The minimum Gasteiger partial charge on any atom is -0.368 e. The monoisotopic (exact) mass is 453 g/mol. The summed E-state index contributed by atoms with van der Waals surface area (Å²) in [5, 5.41) is 14.0. The first-order valence-corrected chi connectivity index (χ1v) is 12.4. The summed E-state index contributed by atoms with van der Waals surface area (Å²) in [5.41, 5.74) is 5.25. The van der Waals surface area contributed by atoms with Crippen molar-refractivity contribution in [2.45, 2.75) is 38.4 Å². The van der Waals surface area contributed by atoms with Gasteiger partial charge in [0.05, 0.1) is 11.1 Å². The average Bonchev–Trinajstić information content (AvgIpc) is 3.11. The molecule has 0 saturated carbocycles. The molecule has 34 heavy (non-hydrogen) atoms. The van der Waals surface area contributed by atoms with Gasteiger partial charge in [0, 0.05) is 87.3 Å². The molecule has 1 aromatic carbocycles. The maximum absolute atomic E-state index is 9.53. The predicted octanol–water partition coefficient (Wildman–Crippen LogP) is 2.94. The van der Waals surface area contributed by atoms with Crippen LogP contribution in [0.1, 0.15) is 30.2 Å². The molecule has 174 valence electrons. The highest BCUT2D eigenvalue weighted by Gasteiger charge is 2.35. The summed E-state index contributed by atoms with van der Waals surface area (Å²) >= 11 is 0. The highest BCUT2D eigenvalue weighted by molar-refractivity contribution is 5.95. The second-order valence-electron chi connectivity index (χ2n) is 9.77. The van der Waals surface area contributed by atoms with E-state index in [1.54, 1.807) is 6.20 Å². The number of nitriles is 1. The van der Waals surface area contributed by atoms with Gasteiger partial charge >= 0.3 is 0 Å². The molecule has 0 radical (unpaired) electrons. The number of aromatic nitrogens is 2. The molecule has 3 aromatic rings. The summed E-state index contributed by atoms with van der Waals surface area (Å²) in [4.78, 5) is 17.3. The van der Waals surface area contributed by atoms with Crippen molar-refractivity contribution in [3.63, 3.8) is 0 Å². The van der Waals surface area contributed by atoms with Crippen LogP contribution in [0.3, 0.4) is 0 Å². The van der Waals surface area contributed by atoms with Crippen molar-refractivity contribution in [2.75, 3.05) is 49.1 Å². The first kappa shape index (κ1) is 21.3. The van der Waals surface area contributed by atoms with Crippen LogP contribution in [-0.4, -0.2) is 66.2 Å². The summed E-state index contributed by atoms with van der Waals surface area (Å²) in [6, 6.07) is 15.8. The third-order valence-electron chi connectivity index (χ3n) is 7.75. The fraction of sp³-hybridized carbons (Fsp3) is 0.444. The highest BCUT2D eigenvalue weighted by Crippen LogP contribution is 2.32. The minimum absolute atomic E-state index is 0.462. The summed E-state index contributed by atoms with van der Waals surface area (Å²) in [6.45, 7) is 9.40. The van der Waals surface area contributed by atoms with Crippen LogP contribution < -0.4 is 15.1 Å². The van der Waals surface area contributed by atoms with Gasteiger partial charge in [-0.2, -0.15) is 5.26 Å². The number of anilines is 2. The Morgan fingerprint density at radius 1 is 1.06 bits per heavy atom. The van der Waals surface area contributed by atoms with E-state index in [9.17, 15) is 5.26 Å². The van der Waals surface area contributed by atoms with Gasteiger partial charge in [-0.05, 0) is 49.2 Å². The molecule has 2 atom stereocenters. The molecule has 0 spiro atoms. The van der Waals surface area contributed by atoms with E-state index in [2.05, 4.69) is 62.3 Å². The van der Waals surface area contributed by atoms with Crippen LogP contribution >= 0.6 is 0 Å². The molecule has 0 amide bonds. The summed E-state index contributed by atoms with van der Waals surface area (Å²) < 4.78 is 0. The molecule has 2 fully saturated rings. The van der Waals surface area contributed by atoms with Gasteiger partial charge in [-0.3, -0.25) is 9.88 Å². The van der Waals surface area contributed by atoms with E-state index < -0.39 is 0 Å². The Morgan fingerprint density at radius 3 is 2.91 bits per heavy atom. The number of nitrogens with zero attached hydrogens (tertiary/aromatic N) is 6. The standard InChI is InChI=1S/C27H31N7/c1-19-17-33(25-6-4-20(15-28)27-23(25)3-2-10-30-27)18-22-9-12-32(13-14-34(19)22)26-7-5-21-16-29-11-8-24(21)31-26/h2-7,10,19,22,29H,8-9,11-14,16-18H2,1H3. The van der Waals surface area contributed by atoms with Gasteiger partial charge in [0.1, 0.15) is 11.9 Å². The van der Waals surface area contributed by atoms with E-state index in [1.165, 1.54) is 16.9 Å². The van der Waals surface area contributed by atoms with Crippen molar-refractivity contribution >= 4 is 22.4 Å². The van der Waals surface area contributed by atoms with Crippen molar-refractivity contribution in [1.29, 1.82) is 5.26 Å². The Balaban J connectivity index is 1.23. The maximum Gasteiger partial charge on any atom is 0.128 e. The molecular weight excluding hydrogens is 422 g/mol. The largest absolute Gasteiger partial charge is 0.368 e. The third kappa shape index (κ3) is 3.77. The van der Waals surface area contributed by atoms with Crippen molar-refractivity contribution in [1.82, 2.24) is 20.2 Å². The van der Waals surface area contributed by atoms with Crippen LogP contribution in [0.15, 0.2) is 42.6 Å². The summed E-state index contributed by atoms with van der Waals surface area (Å²) in [6.07, 6.45) is 3.91. The SMILES string of the molecule is CC1CN(c2ccc(C#N)c3ncccc23)CC2CCN(c3ccc4c(n3)CCNC4)CCN12. The smallest absolute Gasteiger partial charge is 0.128 e. The van der Waals surface area contributed by atoms with E-state index in [1.807, 2.05) is 12.1 Å². The molecule has 3 aliphatic heterocycles. The zero-order chi connectivity index (χ0) is 23.1. The van der Waals surface area contributed by atoms with E-state index in [-0.39, 0.29) is 0 Å². The minimum atomic E-state index is 0.462. The van der Waals surface area contributed by atoms with Gasteiger partial charge in [-0.1, -0.05) is 6.07 Å². The Kier molecular flexibility index (Phi) is 5.56. The molecule has 7 heteroatoms. The molecule has 0 aliphatic carbocycles. The average molecular weight is 454 g/mol. The number of benzene rings is 1. The predicted molar refractivity (Wildman–Crippen MR) is 135 cm³/mol. The molecule has 2 aromatic heterocycles. The van der Waals surface area contributed by atoms with Gasteiger partial charge in [-0.15, -0.1) is 0 Å². The zero-order valence-corrected chi connectivity index (χ0v) is 19.7. The second kappa shape index (κ2) is 8.86. The van der Waals surface area contributed by atoms with Crippen LogP contribution in [0.25, 0.3) is 10.9 Å². The second-order valence-corrected chi connectivity index (χ2v) is 9.77. The van der Waals surface area contributed by atoms with Crippen LogP contribution in [0.5, 0.6) is 0 Å². The van der Waals surface area contributed by atoms with Crippen molar-refractivity contribution in [2.24, 2.45) is 0 Å². The number of fused-ring (bicyclic) bond motifs is 3. The van der Waals surface area contributed by atoms with Crippen LogP contribution in [-0.2, 0) is 13.0 Å². The van der Waals surface area contributed by atoms with E-state index in [4.69, 9.17) is 4.98 Å². The summed E-state index contributed by atoms with van der Waals surface area (Å²) in [5.74, 6) is 1.13. The lowest BCUT2D eigenvalue weighted by atomic mass is 10.0. The lowest BCUT2D eigenvalue weighted by molar-refractivity contribution is 0.130. The Morgan fingerprint density at radius 2 is 2.00 bits per heavy atom. The summed E-state index contributed by atoms with van der Waals surface area (Å²) in [7, 11) is 0.